The number of halogens is 1. The lowest BCUT2D eigenvalue weighted by Gasteiger charge is -2.06. The molecule has 8 nitrogen and oxygen atoms in total. The molecular weight excluding hydrogens is 294 g/mol. The van der Waals surface area contributed by atoms with Crippen molar-refractivity contribution in [2.75, 3.05) is 5.32 Å². The van der Waals surface area contributed by atoms with Crippen LogP contribution in [0.15, 0.2) is 12.1 Å². The molecule has 21 heavy (non-hydrogen) atoms. The summed E-state index contributed by atoms with van der Waals surface area (Å²) in [5, 5.41) is 15.3. The van der Waals surface area contributed by atoms with E-state index in [4.69, 9.17) is 11.6 Å². The van der Waals surface area contributed by atoms with Gasteiger partial charge in [-0.05, 0) is 42.3 Å². The molecule has 2 aromatic heterocycles. The molecule has 1 aromatic carbocycles. The van der Waals surface area contributed by atoms with Crippen LogP contribution in [0.3, 0.4) is 0 Å². The van der Waals surface area contributed by atoms with Gasteiger partial charge in [-0.15, -0.1) is 5.10 Å². The highest BCUT2D eigenvalue weighted by atomic mass is 35.5. The summed E-state index contributed by atoms with van der Waals surface area (Å²) < 4.78 is 0. The summed E-state index contributed by atoms with van der Waals surface area (Å²) in [7, 11) is 0. The van der Waals surface area contributed by atoms with Gasteiger partial charge in [0.2, 0.25) is 0 Å². The molecule has 0 bridgehead atoms. The average Bonchev–Trinajstić information content (AvgIpc) is 2.93. The summed E-state index contributed by atoms with van der Waals surface area (Å²) in [6.45, 7) is 3.94. The lowest BCUT2D eigenvalue weighted by molar-refractivity contribution is 0.102. The molecule has 3 aromatic rings. The Morgan fingerprint density at radius 2 is 1.86 bits per heavy atom. The lowest BCUT2D eigenvalue weighted by atomic mass is 10.1. The lowest BCUT2D eigenvalue weighted by Crippen LogP contribution is -2.16. The standard InChI is InChI=1S/C12H10ClN7O/c1-5-3-7-8(4-6(5)2)15-10(13)9(14-7)11(21)16-12-17-19-20-18-12/h3-4H,1-2H3,(H2,16,17,18,19,20,21). The number of benzene rings is 1. The van der Waals surface area contributed by atoms with Gasteiger partial charge < -0.3 is 0 Å². The molecule has 0 aliphatic heterocycles. The van der Waals surface area contributed by atoms with Crippen LogP contribution in [0.1, 0.15) is 21.6 Å². The molecule has 2 N–H and O–H groups in total. The SMILES string of the molecule is Cc1cc2nc(Cl)c(C(=O)Nc3nn[nH]n3)nc2cc1C. The zero-order valence-corrected chi connectivity index (χ0v) is 11.9. The number of carbonyl (C=O) groups excluding carboxylic acids is 1. The Morgan fingerprint density at radius 3 is 2.48 bits per heavy atom. The topological polar surface area (TPSA) is 109 Å². The fourth-order valence-corrected chi connectivity index (χ4v) is 2.03. The number of tetrazole rings is 1. The summed E-state index contributed by atoms with van der Waals surface area (Å²) in [6.07, 6.45) is 0. The molecule has 0 spiro atoms. The number of aryl methyl sites for hydroxylation is 2. The number of carbonyl (C=O) groups is 1. The maximum Gasteiger partial charge on any atom is 0.279 e. The van der Waals surface area contributed by atoms with Gasteiger partial charge in [-0.1, -0.05) is 16.7 Å². The number of H-pyrrole nitrogens is 1. The molecular formula is C12H10ClN7O. The number of hydrogen-bond acceptors (Lipinski definition) is 6. The fourth-order valence-electron chi connectivity index (χ4n) is 1.81. The van der Waals surface area contributed by atoms with Crippen molar-refractivity contribution in [2.45, 2.75) is 13.8 Å². The smallest absolute Gasteiger partial charge is 0.279 e. The van der Waals surface area contributed by atoms with E-state index in [9.17, 15) is 4.79 Å². The summed E-state index contributed by atoms with van der Waals surface area (Å²) >= 11 is 6.03. The van der Waals surface area contributed by atoms with E-state index in [-0.39, 0.29) is 16.8 Å². The van der Waals surface area contributed by atoms with E-state index in [0.29, 0.717) is 11.0 Å². The van der Waals surface area contributed by atoms with Gasteiger partial charge in [0.1, 0.15) is 0 Å². The summed E-state index contributed by atoms with van der Waals surface area (Å²) in [4.78, 5) is 20.6. The molecule has 3 rings (SSSR count). The van der Waals surface area contributed by atoms with Crippen LogP contribution in [-0.2, 0) is 0 Å². The van der Waals surface area contributed by atoms with Crippen molar-refractivity contribution in [3.63, 3.8) is 0 Å². The molecule has 2 heterocycles. The normalized spacial score (nSPS) is 10.8. The van der Waals surface area contributed by atoms with Crippen LogP contribution >= 0.6 is 11.6 Å². The van der Waals surface area contributed by atoms with E-state index in [2.05, 4.69) is 35.9 Å². The highest BCUT2D eigenvalue weighted by molar-refractivity contribution is 6.33. The minimum atomic E-state index is -0.547. The largest absolute Gasteiger partial charge is 0.286 e. The second-order valence-corrected chi connectivity index (χ2v) is 4.84. The first-order valence-electron chi connectivity index (χ1n) is 6.04. The van der Waals surface area contributed by atoms with Gasteiger partial charge in [0.05, 0.1) is 11.0 Å². The van der Waals surface area contributed by atoms with Gasteiger partial charge in [0.15, 0.2) is 10.8 Å². The number of aromatic nitrogens is 6. The quantitative estimate of drug-likeness (QED) is 0.745. The van der Waals surface area contributed by atoms with E-state index in [1.54, 1.807) is 0 Å². The molecule has 0 saturated carbocycles. The Bertz CT molecular complexity index is 831. The molecule has 0 fully saturated rings. The fraction of sp³-hybridized carbons (Fsp3) is 0.167. The Morgan fingerprint density at radius 1 is 1.19 bits per heavy atom. The number of nitrogens with one attached hydrogen (secondary N) is 2. The van der Waals surface area contributed by atoms with Gasteiger partial charge in [0.25, 0.3) is 11.9 Å². The Hall–Kier alpha value is -2.61. The first-order valence-corrected chi connectivity index (χ1v) is 6.41. The van der Waals surface area contributed by atoms with Crippen molar-refractivity contribution in [3.05, 3.63) is 34.1 Å². The number of nitrogens with zero attached hydrogens (tertiary/aromatic N) is 5. The number of amides is 1. The molecule has 106 valence electrons. The van der Waals surface area contributed by atoms with Crippen LogP contribution in [0.4, 0.5) is 5.95 Å². The van der Waals surface area contributed by atoms with Crippen LogP contribution in [-0.4, -0.2) is 36.5 Å². The van der Waals surface area contributed by atoms with E-state index >= 15 is 0 Å². The van der Waals surface area contributed by atoms with Crippen molar-refractivity contribution in [3.8, 4) is 0 Å². The zero-order chi connectivity index (χ0) is 15.0. The zero-order valence-electron chi connectivity index (χ0n) is 11.2. The highest BCUT2D eigenvalue weighted by Crippen LogP contribution is 2.21. The molecule has 0 radical (unpaired) electrons. The van der Waals surface area contributed by atoms with Crippen molar-refractivity contribution < 1.29 is 4.79 Å². The van der Waals surface area contributed by atoms with Gasteiger partial charge in [-0.2, -0.15) is 5.21 Å². The van der Waals surface area contributed by atoms with E-state index < -0.39 is 5.91 Å². The maximum atomic E-state index is 12.1. The van der Waals surface area contributed by atoms with Gasteiger partial charge >= 0.3 is 0 Å². The van der Waals surface area contributed by atoms with E-state index in [1.165, 1.54) is 0 Å². The first kappa shape index (κ1) is 13.4. The number of anilines is 1. The number of rotatable bonds is 2. The van der Waals surface area contributed by atoms with Crippen LogP contribution in [0.25, 0.3) is 11.0 Å². The summed E-state index contributed by atoms with van der Waals surface area (Å²) in [6, 6.07) is 3.74. The van der Waals surface area contributed by atoms with Gasteiger partial charge in [-0.25, -0.2) is 9.97 Å². The number of fused-ring (bicyclic) bond motifs is 1. The number of aromatic amines is 1. The third-order valence-electron chi connectivity index (χ3n) is 3.02. The van der Waals surface area contributed by atoms with Crippen LogP contribution < -0.4 is 5.32 Å². The average molecular weight is 304 g/mol. The van der Waals surface area contributed by atoms with Crippen molar-refractivity contribution in [1.29, 1.82) is 0 Å². The Balaban J connectivity index is 2.04. The molecule has 0 aliphatic carbocycles. The molecule has 0 aliphatic rings. The maximum absolute atomic E-state index is 12.1. The van der Waals surface area contributed by atoms with Crippen LogP contribution in [0.2, 0.25) is 5.15 Å². The molecule has 1 amide bonds. The molecule has 0 unspecified atom stereocenters. The highest BCUT2D eigenvalue weighted by Gasteiger charge is 2.17. The minimum absolute atomic E-state index is 0.0113. The Kier molecular flexibility index (Phi) is 3.22. The van der Waals surface area contributed by atoms with Gasteiger partial charge in [-0.3, -0.25) is 10.1 Å². The Labute approximate surface area is 123 Å². The number of hydrogen-bond donors (Lipinski definition) is 2. The predicted octanol–water partition coefficient (Wildman–Crippen LogP) is 1.67. The monoisotopic (exact) mass is 303 g/mol. The minimum Gasteiger partial charge on any atom is -0.286 e. The molecule has 9 heteroatoms. The second-order valence-electron chi connectivity index (χ2n) is 4.48. The third kappa shape index (κ3) is 2.52. The van der Waals surface area contributed by atoms with E-state index in [0.717, 1.165) is 11.1 Å². The summed E-state index contributed by atoms with van der Waals surface area (Å²) in [5.41, 5.74) is 3.39. The summed E-state index contributed by atoms with van der Waals surface area (Å²) in [5.74, 6) is -0.507. The molecule has 0 saturated heterocycles. The third-order valence-corrected chi connectivity index (χ3v) is 3.29. The van der Waals surface area contributed by atoms with Crippen LogP contribution in [0, 0.1) is 13.8 Å². The first-order chi connectivity index (χ1) is 10.0. The van der Waals surface area contributed by atoms with Crippen LogP contribution in [0.5, 0.6) is 0 Å². The second kappa shape index (κ2) is 5.06. The van der Waals surface area contributed by atoms with Crippen molar-refractivity contribution >= 4 is 34.5 Å². The van der Waals surface area contributed by atoms with Crippen molar-refractivity contribution in [2.24, 2.45) is 0 Å². The van der Waals surface area contributed by atoms with Crippen molar-refractivity contribution in [1.82, 2.24) is 30.6 Å². The molecule has 0 atom stereocenters. The predicted molar refractivity (Wildman–Crippen MR) is 76.2 cm³/mol. The van der Waals surface area contributed by atoms with E-state index in [1.807, 2.05) is 26.0 Å². The van der Waals surface area contributed by atoms with Gasteiger partial charge in [0, 0.05) is 0 Å².